The number of rotatable bonds is 3. The maximum atomic E-state index is 6.01. The molecular weight excluding hydrogens is 210 g/mol. The second-order valence-corrected chi connectivity index (χ2v) is 3.63. The van der Waals surface area contributed by atoms with E-state index in [0.29, 0.717) is 5.84 Å². The molecule has 3 N–H and O–H groups in total. The number of para-hydroxylation sites is 2. The molecule has 3 nitrogen and oxygen atoms in total. The van der Waals surface area contributed by atoms with Crippen LogP contribution in [-0.2, 0) is 0 Å². The number of nitrogens with one attached hydrogen (secondary N) is 1. The molecule has 0 fully saturated rings. The van der Waals surface area contributed by atoms with E-state index in [1.54, 1.807) is 0 Å². The maximum Gasteiger partial charge on any atom is 0.133 e. The van der Waals surface area contributed by atoms with Gasteiger partial charge in [-0.25, -0.2) is 4.99 Å². The summed E-state index contributed by atoms with van der Waals surface area (Å²) in [7, 11) is 1.87. The lowest BCUT2D eigenvalue weighted by molar-refractivity contribution is 1.43. The first kappa shape index (κ1) is 11.2. The van der Waals surface area contributed by atoms with E-state index in [4.69, 9.17) is 5.73 Å². The third kappa shape index (κ3) is 2.64. The number of hydrogen-bond donors (Lipinski definition) is 2. The number of amidine groups is 1. The largest absolute Gasteiger partial charge is 0.388 e. The fraction of sp³-hybridized carbons (Fsp3) is 0.0714. The van der Waals surface area contributed by atoms with Gasteiger partial charge in [-0.3, -0.25) is 0 Å². The van der Waals surface area contributed by atoms with Crippen LogP contribution in [0.5, 0.6) is 0 Å². The molecule has 17 heavy (non-hydrogen) atoms. The minimum absolute atomic E-state index is 0.515. The number of anilines is 1. The summed E-state index contributed by atoms with van der Waals surface area (Å²) in [5.41, 5.74) is 8.76. The zero-order valence-corrected chi connectivity index (χ0v) is 9.72. The highest BCUT2D eigenvalue weighted by molar-refractivity contribution is 6.03. The highest BCUT2D eigenvalue weighted by Crippen LogP contribution is 2.17. The van der Waals surface area contributed by atoms with Gasteiger partial charge in [0.2, 0.25) is 0 Å². The van der Waals surface area contributed by atoms with Crippen molar-refractivity contribution < 1.29 is 0 Å². The van der Waals surface area contributed by atoms with Crippen LogP contribution in [0.2, 0.25) is 0 Å². The molecule has 0 atom stereocenters. The number of nitrogens with zero attached hydrogens (tertiary/aromatic N) is 1. The Bertz CT molecular complexity index is 518. The summed E-state index contributed by atoms with van der Waals surface area (Å²) in [4.78, 5) is 4.39. The summed E-state index contributed by atoms with van der Waals surface area (Å²) in [6.45, 7) is 0. The number of benzene rings is 2. The first-order valence-corrected chi connectivity index (χ1v) is 5.47. The quantitative estimate of drug-likeness (QED) is 0.623. The van der Waals surface area contributed by atoms with Crippen LogP contribution in [-0.4, -0.2) is 12.9 Å². The average Bonchev–Trinajstić information content (AvgIpc) is 2.40. The van der Waals surface area contributed by atoms with E-state index in [1.807, 2.05) is 61.6 Å². The van der Waals surface area contributed by atoms with Crippen LogP contribution in [0.3, 0.4) is 0 Å². The predicted molar refractivity (Wildman–Crippen MR) is 72.8 cm³/mol. The third-order valence-electron chi connectivity index (χ3n) is 2.48. The van der Waals surface area contributed by atoms with Crippen LogP contribution in [0.25, 0.3) is 0 Å². The van der Waals surface area contributed by atoms with Gasteiger partial charge in [0, 0.05) is 18.3 Å². The summed E-state index contributed by atoms with van der Waals surface area (Å²) in [6.07, 6.45) is 0. The van der Waals surface area contributed by atoms with Crippen LogP contribution in [0.1, 0.15) is 5.56 Å². The van der Waals surface area contributed by atoms with Crippen molar-refractivity contribution in [3.63, 3.8) is 0 Å². The minimum atomic E-state index is 0.515. The summed E-state index contributed by atoms with van der Waals surface area (Å²) in [6, 6.07) is 17.5. The molecular formula is C14H15N3. The lowest BCUT2D eigenvalue weighted by atomic mass is 10.1. The molecule has 0 saturated carbocycles. The molecule has 0 aromatic heterocycles. The number of aliphatic imine (C=N–C) groups is 1. The van der Waals surface area contributed by atoms with Crippen LogP contribution in [0, 0.1) is 0 Å². The Kier molecular flexibility index (Phi) is 3.40. The molecule has 0 heterocycles. The Hall–Kier alpha value is -2.29. The van der Waals surface area contributed by atoms with Crippen LogP contribution in [0.4, 0.5) is 11.4 Å². The Morgan fingerprint density at radius 3 is 2.35 bits per heavy atom. The standard InChI is InChI=1S/C14H15N3/c1-16-13-10-6-5-9-12(13)14(15)17-11-7-3-2-4-8-11/h2-10,16H,1H3,(H2,15,17). The molecule has 2 rings (SSSR count). The van der Waals surface area contributed by atoms with Gasteiger partial charge in [0.05, 0.1) is 5.69 Å². The molecule has 0 bridgehead atoms. The van der Waals surface area contributed by atoms with Gasteiger partial charge in [0.15, 0.2) is 0 Å². The molecule has 0 aliphatic heterocycles. The summed E-state index contributed by atoms with van der Waals surface area (Å²) in [5.74, 6) is 0.515. The van der Waals surface area contributed by atoms with Crippen molar-refractivity contribution in [3.05, 3.63) is 60.2 Å². The molecule has 0 aliphatic carbocycles. The Morgan fingerprint density at radius 1 is 1.00 bits per heavy atom. The Morgan fingerprint density at radius 2 is 1.65 bits per heavy atom. The van der Waals surface area contributed by atoms with Crippen molar-refractivity contribution in [1.29, 1.82) is 0 Å². The summed E-state index contributed by atoms with van der Waals surface area (Å²) in [5, 5.41) is 3.10. The van der Waals surface area contributed by atoms with Crippen LogP contribution in [0.15, 0.2) is 59.6 Å². The normalized spacial score (nSPS) is 11.2. The van der Waals surface area contributed by atoms with Crippen molar-refractivity contribution in [2.75, 3.05) is 12.4 Å². The second-order valence-electron chi connectivity index (χ2n) is 3.63. The van der Waals surface area contributed by atoms with E-state index < -0.39 is 0 Å². The van der Waals surface area contributed by atoms with Crippen molar-refractivity contribution in [3.8, 4) is 0 Å². The maximum absolute atomic E-state index is 6.01. The van der Waals surface area contributed by atoms with Crippen molar-refractivity contribution >= 4 is 17.2 Å². The van der Waals surface area contributed by atoms with Gasteiger partial charge in [-0.05, 0) is 24.3 Å². The van der Waals surface area contributed by atoms with Gasteiger partial charge >= 0.3 is 0 Å². The van der Waals surface area contributed by atoms with E-state index in [-0.39, 0.29) is 0 Å². The molecule has 0 spiro atoms. The summed E-state index contributed by atoms with van der Waals surface area (Å²) < 4.78 is 0. The first-order valence-electron chi connectivity index (χ1n) is 5.47. The van der Waals surface area contributed by atoms with E-state index in [0.717, 1.165) is 16.9 Å². The molecule has 0 aliphatic rings. The smallest absolute Gasteiger partial charge is 0.133 e. The zero-order chi connectivity index (χ0) is 12.1. The first-order chi connectivity index (χ1) is 8.31. The average molecular weight is 225 g/mol. The van der Waals surface area contributed by atoms with Gasteiger partial charge in [0.1, 0.15) is 5.84 Å². The number of nitrogens with two attached hydrogens (primary N) is 1. The molecule has 0 saturated heterocycles. The highest BCUT2D eigenvalue weighted by atomic mass is 14.9. The van der Waals surface area contributed by atoms with Gasteiger partial charge in [-0.1, -0.05) is 30.3 Å². The molecule has 0 unspecified atom stereocenters. The van der Waals surface area contributed by atoms with Gasteiger partial charge in [-0.2, -0.15) is 0 Å². The molecule has 0 amide bonds. The van der Waals surface area contributed by atoms with E-state index in [9.17, 15) is 0 Å². The zero-order valence-electron chi connectivity index (χ0n) is 9.72. The Balaban J connectivity index is 2.37. The van der Waals surface area contributed by atoms with Crippen LogP contribution < -0.4 is 11.1 Å². The molecule has 2 aromatic carbocycles. The topological polar surface area (TPSA) is 50.4 Å². The molecule has 0 radical (unpaired) electrons. The minimum Gasteiger partial charge on any atom is -0.388 e. The monoisotopic (exact) mass is 225 g/mol. The van der Waals surface area contributed by atoms with Gasteiger partial charge in [-0.15, -0.1) is 0 Å². The van der Waals surface area contributed by atoms with Crippen molar-refractivity contribution in [2.24, 2.45) is 10.7 Å². The number of hydrogen-bond acceptors (Lipinski definition) is 2. The van der Waals surface area contributed by atoms with Crippen molar-refractivity contribution in [1.82, 2.24) is 0 Å². The van der Waals surface area contributed by atoms with Crippen molar-refractivity contribution in [2.45, 2.75) is 0 Å². The fourth-order valence-corrected chi connectivity index (χ4v) is 1.63. The molecule has 3 heteroatoms. The molecule has 2 aromatic rings. The SMILES string of the molecule is CNc1ccccc1C(N)=Nc1ccccc1. The van der Waals surface area contributed by atoms with E-state index in [2.05, 4.69) is 10.3 Å². The van der Waals surface area contributed by atoms with E-state index >= 15 is 0 Å². The summed E-state index contributed by atoms with van der Waals surface area (Å²) >= 11 is 0. The lowest BCUT2D eigenvalue weighted by Gasteiger charge is -2.07. The van der Waals surface area contributed by atoms with E-state index in [1.165, 1.54) is 0 Å². The van der Waals surface area contributed by atoms with Gasteiger partial charge < -0.3 is 11.1 Å². The second kappa shape index (κ2) is 5.16. The van der Waals surface area contributed by atoms with Gasteiger partial charge in [0.25, 0.3) is 0 Å². The lowest BCUT2D eigenvalue weighted by Crippen LogP contribution is -2.14. The highest BCUT2D eigenvalue weighted by Gasteiger charge is 2.03. The predicted octanol–water partition coefficient (Wildman–Crippen LogP) is 2.77. The Labute approximate surface area is 101 Å². The fourth-order valence-electron chi connectivity index (χ4n) is 1.63. The molecule has 86 valence electrons. The van der Waals surface area contributed by atoms with Crippen LogP contribution >= 0.6 is 0 Å². The third-order valence-corrected chi connectivity index (χ3v) is 2.48.